The maximum atomic E-state index is 12.3. The maximum Gasteiger partial charge on any atom is 0.274 e. The number of hydrogen-bond donors (Lipinski definition) is 2. The first-order chi connectivity index (χ1) is 11.7. The normalized spacial score (nSPS) is 10.2. The van der Waals surface area contributed by atoms with Crippen molar-refractivity contribution in [2.24, 2.45) is 0 Å². The molecule has 0 bridgehead atoms. The second-order valence-electron chi connectivity index (χ2n) is 4.92. The standard InChI is InChI=1S/C17H14ClN5O/c18-12-4-6-13(7-5-12)23-17(24)15-9-16(22-11-21-15)20-10-14-3-1-2-8-19-14/h1-9,11H,10H2,(H,23,24)(H,20,21,22). The Bertz CT molecular complexity index is 824. The van der Waals surface area contributed by atoms with E-state index in [1.165, 1.54) is 6.33 Å². The lowest BCUT2D eigenvalue weighted by molar-refractivity contribution is 0.102. The summed E-state index contributed by atoms with van der Waals surface area (Å²) in [5.74, 6) is 0.234. The van der Waals surface area contributed by atoms with E-state index in [1.54, 1.807) is 36.5 Å². The molecule has 24 heavy (non-hydrogen) atoms. The Labute approximate surface area is 143 Å². The van der Waals surface area contributed by atoms with Gasteiger partial charge in [-0.15, -0.1) is 0 Å². The molecule has 0 saturated carbocycles. The minimum atomic E-state index is -0.319. The first kappa shape index (κ1) is 15.9. The van der Waals surface area contributed by atoms with Crippen LogP contribution < -0.4 is 10.6 Å². The van der Waals surface area contributed by atoms with Crippen molar-refractivity contribution in [3.05, 3.63) is 77.5 Å². The molecule has 0 unspecified atom stereocenters. The third kappa shape index (κ3) is 4.27. The molecule has 0 saturated heterocycles. The van der Waals surface area contributed by atoms with Crippen LogP contribution in [-0.4, -0.2) is 20.9 Å². The molecular weight excluding hydrogens is 326 g/mol. The average molecular weight is 340 g/mol. The minimum Gasteiger partial charge on any atom is -0.364 e. The number of nitrogens with zero attached hydrogens (tertiary/aromatic N) is 3. The van der Waals surface area contributed by atoms with Gasteiger partial charge < -0.3 is 10.6 Å². The maximum absolute atomic E-state index is 12.3. The summed E-state index contributed by atoms with van der Waals surface area (Å²) in [6, 6.07) is 14.1. The number of halogens is 1. The molecule has 0 spiro atoms. The van der Waals surface area contributed by atoms with Gasteiger partial charge >= 0.3 is 0 Å². The fourth-order valence-electron chi connectivity index (χ4n) is 1.99. The van der Waals surface area contributed by atoms with Crippen LogP contribution in [0, 0.1) is 0 Å². The summed E-state index contributed by atoms with van der Waals surface area (Å²) in [5, 5.41) is 6.48. The van der Waals surface area contributed by atoms with Gasteiger partial charge in [0.2, 0.25) is 0 Å². The fourth-order valence-corrected chi connectivity index (χ4v) is 2.12. The quantitative estimate of drug-likeness (QED) is 0.744. The molecule has 1 amide bonds. The Morgan fingerprint density at radius 3 is 2.62 bits per heavy atom. The summed E-state index contributed by atoms with van der Waals surface area (Å²) >= 11 is 5.82. The van der Waals surface area contributed by atoms with E-state index >= 15 is 0 Å². The Hall–Kier alpha value is -2.99. The zero-order valence-corrected chi connectivity index (χ0v) is 13.4. The summed E-state index contributed by atoms with van der Waals surface area (Å²) in [6.07, 6.45) is 3.07. The molecule has 0 fully saturated rings. The molecule has 0 aliphatic carbocycles. The van der Waals surface area contributed by atoms with Gasteiger partial charge in [-0.05, 0) is 36.4 Å². The minimum absolute atomic E-state index is 0.267. The second-order valence-corrected chi connectivity index (χ2v) is 5.36. The molecule has 1 aromatic carbocycles. The highest BCUT2D eigenvalue weighted by Crippen LogP contribution is 2.14. The number of nitrogens with one attached hydrogen (secondary N) is 2. The SMILES string of the molecule is O=C(Nc1ccc(Cl)cc1)c1cc(NCc2ccccn2)ncn1. The van der Waals surface area contributed by atoms with Gasteiger partial charge in [0, 0.05) is 23.0 Å². The number of amides is 1. The summed E-state index contributed by atoms with van der Waals surface area (Å²) in [6.45, 7) is 0.510. The van der Waals surface area contributed by atoms with E-state index in [1.807, 2.05) is 18.2 Å². The van der Waals surface area contributed by atoms with Crippen molar-refractivity contribution < 1.29 is 4.79 Å². The highest BCUT2D eigenvalue weighted by atomic mass is 35.5. The molecule has 7 heteroatoms. The molecule has 0 radical (unpaired) electrons. The van der Waals surface area contributed by atoms with E-state index in [9.17, 15) is 4.79 Å². The molecule has 0 aliphatic heterocycles. The van der Waals surface area contributed by atoms with E-state index < -0.39 is 0 Å². The molecule has 3 aromatic rings. The monoisotopic (exact) mass is 339 g/mol. The van der Waals surface area contributed by atoms with Crippen molar-refractivity contribution in [3.63, 3.8) is 0 Å². The summed E-state index contributed by atoms with van der Waals surface area (Å²) < 4.78 is 0. The molecule has 0 atom stereocenters. The van der Waals surface area contributed by atoms with Crippen LogP contribution in [0.1, 0.15) is 16.2 Å². The van der Waals surface area contributed by atoms with E-state index in [4.69, 9.17) is 11.6 Å². The van der Waals surface area contributed by atoms with Crippen LogP contribution in [0.25, 0.3) is 0 Å². The van der Waals surface area contributed by atoms with Gasteiger partial charge in [0.05, 0.1) is 12.2 Å². The molecule has 3 rings (SSSR count). The highest BCUT2D eigenvalue weighted by molar-refractivity contribution is 6.30. The second kappa shape index (κ2) is 7.52. The van der Waals surface area contributed by atoms with Crippen LogP contribution in [0.5, 0.6) is 0 Å². The Morgan fingerprint density at radius 1 is 1.04 bits per heavy atom. The predicted molar refractivity (Wildman–Crippen MR) is 93.0 cm³/mol. The lowest BCUT2D eigenvalue weighted by Crippen LogP contribution is -2.14. The van der Waals surface area contributed by atoms with Crippen LogP contribution in [0.2, 0.25) is 5.02 Å². The largest absolute Gasteiger partial charge is 0.364 e. The van der Waals surface area contributed by atoms with Gasteiger partial charge in [0.15, 0.2) is 0 Å². The zero-order valence-electron chi connectivity index (χ0n) is 12.6. The van der Waals surface area contributed by atoms with Gasteiger partial charge in [-0.1, -0.05) is 17.7 Å². The lowest BCUT2D eigenvalue weighted by Gasteiger charge is -2.07. The van der Waals surface area contributed by atoms with Gasteiger partial charge in [-0.3, -0.25) is 9.78 Å². The van der Waals surface area contributed by atoms with Gasteiger partial charge in [-0.2, -0.15) is 0 Å². The Kier molecular flexibility index (Phi) is 4.98. The number of rotatable bonds is 5. The van der Waals surface area contributed by atoms with Crippen molar-refractivity contribution in [2.45, 2.75) is 6.54 Å². The molecule has 120 valence electrons. The fraction of sp³-hybridized carbons (Fsp3) is 0.0588. The first-order valence-corrected chi connectivity index (χ1v) is 7.61. The van der Waals surface area contributed by atoms with Crippen LogP contribution >= 0.6 is 11.6 Å². The number of pyridine rings is 1. The van der Waals surface area contributed by atoms with E-state index in [0.29, 0.717) is 23.1 Å². The number of anilines is 2. The molecular formula is C17H14ClN5O. The smallest absolute Gasteiger partial charge is 0.274 e. The van der Waals surface area contributed by atoms with Crippen LogP contribution in [0.15, 0.2) is 61.1 Å². The molecule has 2 N–H and O–H groups in total. The van der Waals surface area contributed by atoms with Crippen molar-refractivity contribution in [1.82, 2.24) is 15.0 Å². The van der Waals surface area contributed by atoms with E-state index in [0.717, 1.165) is 5.69 Å². The zero-order chi connectivity index (χ0) is 16.8. The lowest BCUT2D eigenvalue weighted by atomic mass is 10.3. The first-order valence-electron chi connectivity index (χ1n) is 7.23. The van der Waals surface area contributed by atoms with Crippen molar-refractivity contribution in [1.29, 1.82) is 0 Å². The Morgan fingerprint density at radius 2 is 1.88 bits per heavy atom. The van der Waals surface area contributed by atoms with Crippen LogP contribution in [-0.2, 0) is 6.54 Å². The molecule has 0 aliphatic rings. The number of carbonyl (C=O) groups excluding carboxylic acids is 1. The van der Waals surface area contributed by atoms with E-state index in [-0.39, 0.29) is 11.6 Å². The number of carbonyl (C=O) groups is 1. The summed E-state index contributed by atoms with van der Waals surface area (Å²) in [4.78, 5) is 24.6. The van der Waals surface area contributed by atoms with Gasteiger partial charge in [-0.25, -0.2) is 9.97 Å². The van der Waals surface area contributed by atoms with Crippen LogP contribution in [0.4, 0.5) is 11.5 Å². The van der Waals surface area contributed by atoms with Gasteiger partial charge in [0.1, 0.15) is 17.8 Å². The number of aromatic nitrogens is 3. The van der Waals surface area contributed by atoms with Gasteiger partial charge in [0.25, 0.3) is 5.91 Å². The molecule has 2 aromatic heterocycles. The van der Waals surface area contributed by atoms with E-state index in [2.05, 4.69) is 25.6 Å². The van der Waals surface area contributed by atoms with Crippen LogP contribution in [0.3, 0.4) is 0 Å². The Balaban J connectivity index is 1.65. The molecule has 6 nitrogen and oxygen atoms in total. The average Bonchev–Trinajstić information content (AvgIpc) is 2.63. The summed E-state index contributed by atoms with van der Waals surface area (Å²) in [7, 11) is 0. The summed E-state index contributed by atoms with van der Waals surface area (Å²) in [5.41, 5.74) is 1.79. The third-order valence-electron chi connectivity index (χ3n) is 3.18. The van der Waals surface area contributed by atoms with Crippen molar-refractivity contribution >= 4 is 29.0 Å². The van der Waals surface area contributed by atoms with Crippen molar-refractivity contribution in [2.75, 3.05) is 10.6 Å². The number of hydrogen-bond acceptors (Lipinski definition) is 5. The number of benzene rings is 1. The van der Waals surface area contributed by atoms with Crippen molar-refractivity contribution in [3.8, 4) is 0 Å². The predicted octanol–water partition coefficient (Wildman–Crippen LogP) is 3.39. The third-order valence-corrected chi connectivity index (χ3v) is 3.43. The molecule has 2 heterocycles. The highest BCUT2D eigenvalue weighted by Gasteiger charge is 2.09. The topological polar surface area (TPSA) is 79.8 Å².